The first kappa shape index (κ1) is 25.4. The van der Waals surface area contributed by atoms with Crippen molar-refractivity contribution in [3.8, 4) is 0 Å². The Kier molecular flexibility index (Phi) is 8.06. The standard InChI is InChI=1S/C24H28N2O7S/c1-16-4-6-17(7-5-16)15-34(30,31)26-12-10-18(11-13-26)22(27)25-21-14-19(23(28)32-2)8-9-20(21)24(29)33-3/h4-9,14,18H,10-13,15H2,1-3H3,(H,25,27). The van der Waals surface area contributed by atoms with E-state index < -0.39 is 27.9 Å². The number of rotatable bonds is 7. The molecule has 1 aliphatic heterocycles. The van der Waals surface area contributed by atoms with Gasteiger partial charge in [0.15, 0.2) is 0 Å². The maximum Gasteiger partial charge on any atom is 0.339 e. The Morgan fingerprint density at radius 1 is 0.971 bits per heavy atom. The molecule has 34 heavy (non-hydrogen) atoms. The van der Waals surface area contributed by atoms with Crippen LogP contribution in [0.1, 0.15) is 44.7 Å². The Hall–Kier alpha value is -3.24. The van der Waals surface area contributed by atoms with Gasteiger partial charge >= 0.3 is 11.9 Å². The van der Waals surface area contributed by atoms with Crippen LogP contribution in [0.15, 0.2) is 42.5 Å². The Morgan fingerprint density at radius 3 is 2.18 bits per heavy atom. The lowest BCUT2D eigenvalue weighted by Gasteiger charge is -2.30. The summed E-state index contributed by atoms with van der Waals surface area (Å²) >= 11 is 0. The van der Waals surface area contributed by atoms with E-state index >= 15 is 0 Å². The molecule has 0 bridgehead atoms. The molecule has 1 fully saturated rings. The monoisotopic (exact) mass is 488 g/mol. The van der Waals surface area contributed by atoms with Gasteiger partial charge in [0.2, 0.25) is 15.9 Å². The molecule has 1 saturated heterocycles. The summed E-state index contributed by atoms with van der Waals surface area (Å²) in [7, 11) is -1.06. The maximum atomic E-state index is 12.9. The SMILES string of the molecule is COC(=O)c1ccc(C(=O)OC)c(NC(=O)C2CCN(S(=O)(=O)Cc3ccc(C)cc3)CC2)c1. The summed E-state index contributed by atoms with van der Waals surface area (Å²) in [6, 6.07) is 11.5. The smallest absolute Gasteiger partial charge is 0.339 e. The Balaban J connectivity index is 1.67. The highest BCUT2D eigenvalue weighted by molar-refractivity contribution is 7.88. The molecule has 0 aliphatic carbocycles. The minimum absolute atomic E-state index is 0.0903. The normalized spacial score (nSPS) is 14.9. The van der Waals surface area contributed by atoms with E-state index in [4.69, 9.17) is 9.47 Å². The number of carbonyl (C=O) groups is 3. The summed E-state index contributed by atoms with van der Waals surface area (Å²) in [4.78, 5) is 36.9. The van der Waals surface area contributed by atoms with Gasteiger partial charge in [0.1, 0.15) is 0 Å². The third kappa shape index (κ3) is 6.00. The lowest BCUT2D eigenvalue weighted by Crippen LogP contribution is -2.42. The highest BCUT2D eigenvalue weighted by Gasteiger charge is 2.31. The van der Waals surface area contributed by atoms with Crippen LogP contribution >= 0.6 is 0 Å². The second-order valence-corrected chi connectivity index (χ2v) is 10.1. The van der Waals surface area contributed by atoms with Crippen LogP contribution in [0.25, 0.3) is 0 Å². The third-order valence-corrected chi connectivity index (χ3v) is 7.64. The van der Waals surface area contributed by atoms with Crippen LogP contribution in [0.5, 0.6) is 0 Å². The van der Waals surface area contributed by atoms with Gasteiger partial charge in [-0.25, -0.2) is 22.3 Å². The van der Waals surface area contributed by atoms with E-state index in [1.807, 2.05) is 19.1 Å². The molecule has 2 aromatic carbocycles. The van der Waals surface area contributed by atoms with E-state index in [1.54, 1.807) is 12.1 Å². The first-order valence-corrected chi connectivity index (χ1v) is 12.4. The molecule has 1 N–H and O–H groups in total. The minimum atomic E-state index is -3.51. The number of esters is 2. The lowest BCUT2D eigenvalue weighted by atomic mass is 9.97. The molecule has 0 aromatic heterocycles. The van der Waals surface area contributed by atoms with E-state index in [9.17, 15) is 22.8 Å². The summed E-state index contributed by atoms with van der Waals surface area (Å²) in [6.07, 6.45) is 0.673. The van der Waals surface area contributed by atoms with Crippen LogP contribution < -0.4 is 5.32 Å². The molecule has 3 rings (SSSR count). The molecular weight excluding hydrogens is 460 g/mol. The molecule has 0 radical (unpaired) electrons. The molecule has 182 valence electrons. The fraction of sp³-hybridized carbons (Fsp3) is 0.375. The van der Waals surface area contributed by atoms with Gasteiger partial charge in [0.05, 0.1) is 36.8 Å². The fourth-order valence-electron chi connectivity index (χ4n) is 3.80. The van der Waals surface area contributed by atoms with Crippen LogP contribution in [0.4, 0.5) is 5.69 Å². The average Bonchev–Trinajstić information content (AvgIpc) is 2.84. The van der Waals surface area contributed by atoms with Crippen molar-refractivity contribution >= 4 is 33.6 Å². The van der Waals surface area contributed by atoms with Crippen molar-refractivity contribution in [3.63, 3.8) is 0 Å². The number of nitrogens with zero attached hydrogens (tertiary/aromatic N) is 1. The number of benzene rings is 2. The van der Waals surface area contributed by atoms with Crippen molar-refractivity contribution < 1.29 is 32.3 Å². The van der Waals surface area contributed by atoms with Crippen molar-refractivity contribution in [2.45, 2.75) is 25.5 Å². The molecule has 1 amide bonds. The zero-order chi connectivity index (χ0) is 24.9. The number of piperidine rings is 1. The summed E-state index contributed by atoms with van der Waals surface area (Å²) in [5.74, 6) is -2.17. The molecule has 10 heteroatoms. The van der Waals surface area contributed by atoms with Crippen molar-refractivity contribution in [3.05, 3.63) is 64.7 Å². The molecule has 0 saturated carbocycles. The van der Waals surface area contributed by atoms with E-state index in [2.05, 4.69) is 5.32 Å². The Bertz CT molecular complexity index is 1170. The zero-order valence-electron chi connectivity index (χ0n) is 19.4. The maximum absolute atomic E-state index is 12.9. The number of sulfonamides is 1. The van der Waals surface area contributed by atoms with Gasteiger partial charge in [-0.1, -0.05) is 29.8 Å². The fourth-order valence-corrected chi connectivity index (χ4v) is 5.36. The summed E-state index contributed by atoms with van der Waals surface area (Å²) in [5.41, 5.74) is 2.17. The predicted molar refractivity (Wildman–Crippen MR) is 126 cm³/mol. The molecule has 0 unspecified atom stereocenters. The number of anilines is 1. The number of aryl methyl sites for hydroxylation is 1. The highest BCUT2D eigenvalue weighted by atomic mass is 32.2. The largest absolute Gasteiger partial charge is 0.465 e. The van der Waals surface area contributed by atoms with Crippen LogP contribution in [0, 0.1) is 12.8 Å². The van der Waals surface area contributed by atoms with Crippen molar-refractivity contribution in [2.75, 3.05) is 32.6 Å². The zero-order valence-corrected chi connectivity index (χ0v) is 20.2. The molecule has 2 aromatic rings. The summed E-state index contributed by atoms with van der Waals surface area (Å²) in [6.45, 7) is 2.38. The van der Waals surface area contributed by atoms with E-state index in [0.717, 1.165) is 5.56 Å². The van der Waals surface area contributed by atoms with Crippen molar-refractivity contribution in [2.24, 2.45) is 5.92 Å². The quantitative estimate of drug-likeness (QED) is 0.595. The highest BCUT2D eigenvalue weighted by Crippen LogP contribution is 2.25. The van der Waals surface area contributed by atoms with Crippen LogP contribution in [-0.2, 0) is 30.0 Å². The first-order chi connectivity index (χ1) is 16.1. The molecule has 0 atom stereocenters. The van der Waals surface area contributed by atoms with E-state index in [1.165, 1.54) is 36.7 Å². The number of amides is 1. The number of carbonyl (C=O) groups excluding carboxylic acids is 3. The number of hydrogen-bond donors (Lipinski definition) is 1. The van der Waals surface area contributed by atoms with E-state index in [0.29, 0.717) is 18.4 Å². The predicted octanol–water partition coefficient (Wildman–Crippen LogP) is 2.75. The van der Waals surface area contributed by atoms with Gasteiger partial charge in [-0.3, -0.25) is 4.79 Å². The van der Waals surface area contributed by atoms with Gasteiger partial charge in [-0.05, 0) is 43.5 Å². The van der Waals surface area contributed by atoms with Crippen molar-refractivity contribution in [1.29, 1.82) is 0 Å². The number of methoxy groups -OCH3 is 2. The molecular formula is C24H28N2O7S. The van der Waals surface area contributed by atoms with Gasteiger partial charge in [0, 0.05) is 19.0 Å². The molecule has 0 spiro atoms. The molecule has 1 heterocycles. The molecule has 9 nitrogen and oxygen atoms in total. The van der Waals surface area contributed by atoms with Crippen LogP contribution in [-0.4, -0.2) is 57.9 Å². The van der Waals surface area contributed by atoms with Crippen LogP contribution in [0.2, 0.25) is 0 Å². The van der Waals surface area contributed by atoms with Gasteiger partial charge in [0.25, 0.3) is 0 Å². The summed E-state index contributed by atoms with van der Waals surface area (Å²) in [5, 5.41) is 2.70. The number of nitrogens with one attached hydrogen (secondary N) is 1. The average molecular weight is 489 g/mol. The van der Waals surface area contributed by atoms with Gasteiger partial charge in [-0.15, -0.1) is 0 Å². The number of ether oxygens (including phenoxy) is 2. The third-order valence-electron chi connectivity index (χ3n) is 5.79. The second-order valence-electron chi connectivity index (χ2n) is 8.15. The minimum Gasteiger partial charge on any atom is -0.465 e. The second kappa shape index (κ2) is 10.8. The topological polar surface area (TPSA) is 119 Å². The number of hydrogen-bond acceptors (Lipinski definition) is 7. The Labute approximate surface area is 199 Å². The van der Waals surface area contributed by atoms with Crippen molar-refractivity contribution in [1.82, 2.24) is 4.31 Å². The lowest BCUT2D eigenvalue weighted by molar-refractivity contribution is -0.120. The first-order valence-electron chi connectivity index (χ1n) is 10.8. The van der Waals surface area contributed by atoms with E-state index in [-0.39, 0.29) is 41.6 Å². The molecule has 1 aliphatic rings. The summed E-state index contributed by atoms with van der Waals surface area (Å²) < 4.78 is 36.5. The van der Waals surface area contributed by atoms with Gasteiger partial charge < -0.3 is 14.8 Å². The van der Waals surface area contributed by atoms with Gasteiger partial charge in [-0.2, -0.15) is 0 Å². The van der Waals surface area contributed by atoms with Crippen LogP contribution in [0.3, 0.4) is 0 Å². The Morgan fingerprint density at radius 2 is 1.59 bits per heavy atom.